The molecule has 0 aliphatic rings. The molecular weight excluding hydrogens is 369 g/mol. The third-order valence-corrected chi connectivity index (χ3v) is 4.38. The summed E-state index contributed by atoms with van der Waals surface area (Å²) >= 11 is 0. The topological polar surface area (TPSA) is 62.3 Å². The molecular formula is C23H22FN3O2. The second-order valence-corrected chi connectivity index (χ2v) is 6.88. The molecule has 6 heteroatoms. The molecule has 1 aromatic heterocycles. The number of carbonyl (C=O) groups is 2. The molecule has 0 radical (unpaired) electrons. The van der Waals surface area contributed by atoms with Gasteiger partial charge in [0.2, 0.25) is 0 Å². The van der Waals surface area contributed by atoms with Gasteiger partial charge in [-0.15, -0.1) is 0 Å². The van der Waals surface area contributed by atoms with Crippen LogP contribution in [0.4, 0.5) is 10.1 Å². The number of aromatic nitrogens is 1. The van der Waals surface area contributed by atoms with Gasteiger partial charge in [0, 0.05) is 18.3 Å². The number of halogens is 1. The lowest BCUT2D eigenvalue weighted by Gasteiger charge is -2.26. The maximum atomic E-state index is 13.1. The molecule has 2 aromatic carbocycles. The summed E-state index contributed by atoms with van der Waals surface area (Å²) in [6, 6.07) is 19.9. The number of pyridine rings is 1. The summed E-state index contributed by atoms with van der Waals surface area (Å²) in [6.45, 7) is 4.32. The molecule has 0 aliphatic heterocycles. The third kappa shape index (κ3) is 5.25. The van der Waals surface area contributed by atoms with E-state index in [0.717, 1.165) is 5.56 Å². The fourth-order valence-electron chi connectivity index (χ4n) is 2.82. The van der Waals surface area contributed by atoms with Crippen molar-refractivity contribution in [2.75, 3.05) is 5.32 Å². The normalized spacial score (nSPS) is 10.6. The van der Waals surface area contributed by atoms with E-state index < -0.39 is 5.91 Å². The first kappa shape index (κ1) is 20.2. The number of rotatable bonds is 6. The summed E-state index contributed by atoms with van der Waals surface area (Å²) in [5.74, 6) is -1.10. The number of nitrogens with one attached hydrogen (secondary N) is 1. The van der Waals surface area contributed by atoms with Crippen LogP contribution < -0.4 is 5.32 Å². The van der Waals surface area contributed by atoms with Crippen LogP contribution in [0.15, 0.2) is 72.8 Å². The van der Waals surface area contributed by atoms with Gasteiger partial charge in [-0.2, -0.15) is 0 Å². The number of carbonyl (C=O) groups excluding carboxylic acids is 2. The maximum absolute atomic E-state index is 13.1. The lowest BCUT2D eigenvalue weighted by atomic mass is 10.1. The lowest BCUT2D eigenvalue weighted by Crippen LogP contribution is -2.37. The Morgan fingerprint density at radius 2 is 1.59 bits per heavy atom. The van der Waals surface area contributed by atoms with Crippen LogP contribution in [0, 0.1) is 5.82 Å². The first-order valence-corrected chi connectivity index (χ1v) is 9.33. The zero-order valence-electron chi connectivity index (χ0n) is 16.3. The average Bonchev–Trinajstić information content (AvgIpc) is 2.74. The summed E-state index contributed by atoms with van der Waals surface area (Å²) in [6.07, 6.45) is 0. The van der Waals surface area contributed by atoms with Crippen LogP contribution in [0.3, 0.4) is 0 Å². The highest BCUT2D eigenvalue weighted by Crippen LogP contribution is 2.14. The number of hydrogen-bond acceptors (Lipinski definition) is 3. The number of benzene rings is 2. The van der Waals surface area contributed by atoms with Crippen molar-refractivity contribution in [1.82, 2.24) is 9.88 Å². The van der Waals surface area contributed by atoms with Gasteiger partial charge in [0.1, 0.15) is 17.2 Å². The van der Waals surface area contributed by atoms with Crippen LogP contribution in [0.1, 0.15) is 40.4 Å². The van der Waals surface area contributed by atoms with Gasteiger partial charge in [0.05, 0.1) is 0 Å². The molecule has 3 rings (SSSR count). The molecule has 0 unspecified atom stereocenters. The third-order valence-electron chi connectivity index (χ3n) is 4.38. The average molecular weight is 391 g/mol. The van der Waals surface area contributed by atoms with Crippen molar-refractivity contribution in [1.29, 1.82) is 0 Å². The van der Waals surface area contributed by atoms with Crippen molar-refractivity contribution < 1.29 is 14.0 Å². The van der Waals surface area contributed by atoms with Crippen LogP contribution in [-0.2, 0) is 6.54 Å². The zero-order valence-corrected chi connectivity index (χ0v) is 16.3. The van der Waals surface area contributed by atoms with Crippen molar-refractivity contribution in [2.45, 2.75) is 26.4 Å². The van der Waals surface area contributed by atoms with Crippen molar-refractivity contribution in [3.8, 4) is 0 Å². The monoisotopic (exact) mass is 391 g/mol. The molecule has 1 N–H and O–H groups in total. The highest BCUT2D eigenvalue weighted by molar-refractivity contribution is 6.03. The Bertz CT molecular complexity index is 989. The van der Waals surface area contributed by atoms with E-state index in [-0.39, 0.29) is 29.2 Å². The smallest absolute Gasteiger partial charge is 0.274 e. The van der Waals surface area contributed by atoms with Crippen molar-refractivity contribution in [3.63, 3.8) is 0 Å². The van der Waals surface area contributed by atoms with Gasteiger partial charge >= 0.3 is 0 Å². The molecule has 0 saturated heterocycles. The van der Waals surface area contributed by atoms with Gasteiger partial charge in [-0.1, -0.05) is 36.4 Å². The number of nitrogens with zero attached hydrogens (tertiary/aromatic N) is 2. The Kier molecular flexibility index (Phi) is 6.34. The Hall–Kier alpha value is -3.54. The number of amides is 2. The van der Waals surface area contributed by atoms with Crippen molar-refractivity contribution in [2.24, 2.45) is 0 Å². The molecule has 2 amide bonds. The number of hydrogen-bond donors (Lipinski definition) is 1. The van der Waals surface area contributed by atoms with E-state index in [1.807, 2.05) is 44.2 Å². The second kappa shape index (κ2) is 9.10. The van der Waals surface area contributed by atoms with Gasteiger partial charge in [0.15, 0.2) is 0 Å². The minimum Gasteiger partial charge on any atom is -0.331 e. The molecule has 148 valence electrons. The summed E-state index contributed by atoms with van der Waals surface area (Å²) < 4.78 is 13.0. The van der Waals surface area contributed by atoms with Gasteiger partial charge < -0.3 is 10.2 Å². The maximum Gasteiger partial charge on any atom is 0.274 e. The van der Waals surface area contributed by atoms with Gasteiger partial charge in [0.25, 0.3) is 11.8 Å². The molecule has 0 saturated carbocycles. The molecule has 29 heavy (non-hydrogen) atoms. The van der Waals surface area contributed by atoms with Gasteiger partial charge in [-0.05, 0) is 55.8 Å². The van der Waals surface area contributed by atoms with Gasteiger partial charge in [-0.25, -0.2) is 9.37 Å². The predicted octanol–water partition coefficient (Wildman–Crippen LogP) is 4.52. The van der Waals surface area contributed by atoms with E-state index in [2.05, 4.69) is 10.3 Å². The molecule has 0 fully saturated rings. The van der Waals surface area contributed by atoms with Crippen LogP contribution in [-0.4, -0.2) is 27.7 Å². The Balaban J connectivity index is 1.78. The lowest BCUT2D eigenvalue weighted by molar-refractivity contribution is 0.0684. The molecule has 0 spiro atoms. The van der Waals surface area contributed by atoms with Crippen LogP contribution >= 0.6 is 0 Å². The van der Waals surface area contributed by atoms with Crippen LogP contribution in [0.5, 0.6) is 0 Å². The fraction of sp³-hybridized carbons (Fsp3) is 0.174. The summed E-state index contributed by atoms with van der Waals surface area (Å²) in [5.41, 5.74) is 1.77. The van der Waals surface area contributed by atoms with Crippen LogP contribution in [0.2, 0.25) is 0 Å². The van der Waals surface area contributed by atoms with E-state index in [1.165, 1.54) is 30.3 Å². The summed E-state index contributed by atoms with van der Waals surface area (Å²) in [4.78, 5) is 31.5. The van der Waals surface area contributed by atoms with E-state index in [0.29, 0.717) is 12.2 Å². The first-order valence-electron chi connectivity index (χ1n) is 9.33. The van der Waals surface area contributed by atoms with Crippen LogP contribution in [0.25, 0.3) is 0 Å². The highest BCUT2D eigenvalue weighted by atomic mass is 19.1. The Morgan fingerprint density at radius 3 is 2.24 bits per heavy atom. The second-order valence-electron chi connectivity index (χ2n) is 6.88. The molecule has 1 heterocycles. The summed E-state index contributed by atoms with van der Waals surface area (Å²) in [7, 11) is 0. The Morgan fingerprint density at radius 1 is 0.931 bits per heavy atom. The zero-order chi connectivity index (χ0) is 20.8. The fourth-order valence-corrected chi connectivity index (χ4v) is 2.82. The summed E-state index contributed by atoms with van der Waals surface area (Å²) in [5, 5.41) is 2.65. The quantitative estimate of drug-likeness (QED) is 0.672. The molecule has 0 aliphatic carbocycles. The van der Waals surface area contributed by atoms with E-state index in [4.69, 9.17) is 0 Å². The molecule has 0 bridgehead atoms. The predicted molar refractivity (Wildman–Crippen MR) is 110 cm³/mol. The molecule has 5 nitrogen and oxygen atoms in total. The van der Waals surface area contributed by atoms with E-state index >= 15 is 0 Å². The minimum atomic E-state index is -0.467. The number of anilines is 1. The first-order chi connectivity index (χ1) is 13.9. The molecule has 0 atom stereocenters. The van der Waals surface area contributed by atoms with Gasteiger partial charge in [-0.3, -0.25) is 9.59 Å². The Labute approximate surface area is 169 Å². The highest BCUT2D eigenvalue weighted by Gasteiger charge is 2.21. The van der Waals surface area contributed by atoms with E-state index in [1.54, 1.807) is 17.0 Å². The minimum absolute atomic E-state index is 0.0406. The molecule has 3 aromatic rings. The van der Waals surface area contributed by atoms with E-state index in [9.17, 15) is 14.0 Å². The largest absolute Gasteiger partial charge is 0.331 e. The SMILES string of the molecule is CC(C)N(Cc1ccccc1)C(=O)c1cccc(C(=O)Nc2ccc(F)cc2)n1. The standard InChI is InChI=1S/C23H22FN3O2/c1-16(2)27(15-17-7-4-3-5-8-17)23(29)21-10-6-9-20(26-21)22(28)25-19-13-11-18(24)12-14-19/h3-14,16H,15H2,1-2H3,(H,25,28). The van der Waals surface area contributed by atoms with Crippen molar-refractivity contribution in [3.05, 3.63) is 95.6 Å². The van der Waals surface area contributed by atoms with Crippen molar-refractivity contribution >= 4 is 17.5 Å².